The third-order valence-corrected chi connectivity index (χ3v) is 5.16. The number of aromatic nitrogens is 1. The maximum absolute atomic E-state index is 13.2. The second-order valence-electron chi connectivity index (χ2n) is 7.62. The molecule has 4 rings (SSSR count). The molecule has 1 N–H and O–H groups in total. The summed E-state index contributed by atoms with van der Waals surface area (Å²) in [5, 5.41) is 15.5. The normalized spacial score (nSPS) is 21.3. The molecule has 0 saturated carbocycles. The van der Waals surface area contributed by atoms with E-state index >= 15 is 0 Å². The Bertz CT molecular complexity index is 910. The summed E-state index contributed by atoms with van der Waals surface area (Å²) in [5.41, 5.74) is 2.84. The molecule has 3 aromatic rings. The number of benzene rings is 2. The van der Waals surface area contributed by atoms with Gasteiger partial charge in [0, 0.05) is 25.2 Å². The van der Waals surface area contributed by atoms with E-state index in [9.17, 15) is 9.50 Å². The number of piperidine rings is 1. The van der Waals surface area contributed by atoms with Crippen LogP contribution in [-0.4, -0.2) is 28.3 Å². The van der Waals surface area contributed by atoms with Crippen molar-refractivity contribution in [2.75, 3.05) is 13.1 Å². The molecule has 0 aliphatic carbocycles. The van der Waals surface area contributed by atoms with Crippen LogP contribution in [-0.2, 0) is 6.54 Å². The van der Waals surface area contributed by atoms with Crippen molar-refractivity contribution in [2.24, 2.45) is 11.8 Å². The Morgan fingerprint density at radius 3 is 2.50 bits per heavy atom. The molecule has 2 unspecified atom stereocenters. The van der Waals surface area contributed by atoms with Crippen LogP contribution in [0, 0.1) is 17.7 Å². The summed E-state index contributed by atoms with van der Waals surface area (Å²) >= 11 is 0. The van der Waals surface area contributed by atoms with Crippen LogP contribution in [0.15, 0.2) is 40.9 Å². The van der Waals surface area contributed by atoms with Gasteiger partial charge in [-0.3, -0.25) is 4.90 Å². The first-order chi connectivity index (χ1) is 12.5. The largest absolute Gasteiger partial charge is 0.507 e. The van der Waals surface area contributed by atoms with Crippen molar-refractivity contribution < 1.29 is 14.0 Å². The standard InChI is InChI=1S/C21H23FN2O2/c1-13-9-14(2)11-24(10-13)12-18-19(25)8-7-17-20(23-26-21(17)18)15-3-5-16(22)6-4-15/h3-8,13-14,25H,9-12H2,1-2H3. The van der Waals surface area contributed by atoms with Gasteiger partial charge in [-0.25, -0.2) is 4.39 Å². The average Bonchev–Trinajstić information content (AvgIpc) is 3.01. The predicted octanol–water partition coefficient (Wildman–Crippen LogP) is 4.82. The van der Waals surface area contributed by atoms with E-state index in [1.807, 2.05) is 6.07 Å². The highest BCUT2D eigenvalue weighted by Gasteiger charge is 2.25. The molecule has 0 radical (unpaired) electrons. The SMILES string of the molecule is CC1CC(C)CN(Cc2c(O)ccc3c(-c4ccc(F)cc4)noc23)C1. The highest BCUT2D eigenvalue weighted by atomic mass is 19.1. The Morgan fingerprint density at radius 2 is 1.81 bits per heavy atom. The summed E-state index contributed by atoms with van der Waals surface area (Å²) < 4.78 is 18.8. The first-order valence-electron chi connectivity index (χ1n) is 9.09. The average molecular weight is 354 g/mol. The Morgan fingerprint density at radius 1 is 1.12 bits per heavy atom. The van der Waals surface area contributed by atoms with E-state index in [0.717, 1.165) is 29.6 Å². The minimum absolute atomic E-state index is 0.227. The molecule has 1 saturated heterocycles. The van der Waals surface area contributed by atoms with E-state index in [4.69, 9.17) is 4.52 Å². The lowest BCUT2D eigenvalue weighted by molar-refractivity contribution is 0.133. The second-order valence-corrected chi connectivity index (χ2v) is 7.62. The fourth-order valence-corrected chi connectivity index (χ4v) is 4.16. The summed E-state index contributed by atoms with van der Waals surface area (Å²) in [4.78, 5) is 2.37. The van der Waals surface area contributed by atoms with Gasteiger partial charge < -0.3 is 9.63 Å². The number of halogens is 1. The van der Waals surface area contributed by atoms with Crippen LogP contribution in [0.2, 0.25) is 0 Å². The number of fused-ring (bicyclic) bond motifs is 1. The van der Waals surface area contributed by atoms with Crippen molar-refractivity contribution in [1.82, 2.24) is 10.1 Å². The predicted molar refractivity (Wildman–Crippen MR) is 99.3 cm³/mol. The van der Waals surface area contributed by atoms with Gasteiger partial charge in [0.2, 0.25) is 0 Å². The molecular formula is C21H23FN2O2. The zero-order valence-corrected chi connectivity index (χ0v) is 15.1. The monoisotopic (exact) mass is 354 g/mol. The van der Waals surface area contributed by atoms with Crippen molar-refractivity contribution in [2.45, 2.75) is 26.8 Å². The molecular weight excluding hydrogens is 331 g/mol. The quantitative estimate of drug-likeness (QED) is 0.733. The number of rotatable bonds is 3. The number of likely N-dealkylation sites (tertiary alicyclic amines) is 1. The summed E-state index contributed by atoms with van der Waals surface area (Å²) in [6.07, 6.45) is 1.24. The molecule has 136 valence electrons. The van der Waals surface area contributed by atoms with Gasteiger partial charge in [0.05, 0.1) is 10.9 Å². The van der Waals surface area contributed by atoms with Crippen LogP contribution < -0.4 is 0 Å². The lowest BCUT2D eigenvalue weighted by Crippen LogP contribution is -2.38. The fraction of sp³-hybridized carbons (Fsp3) is 0.381. The molecule has 2 atom stereocenters. The molecule has 2 aromatic carbocycles. The van der Waals surface area contributed by atoms with E-state index in [1.54, 1.807) is 18.2 Å². The van der Waals surface area contributed by atoms with Crippen LogP contribution >= 0.6 is 0 Å². The topological polar surface area (TPSA) is 49.5 Å². The van der Waals surface area contributed by atoms with Crippen molar-refractivity contribution in [3.8, 4) is 17.0 Å². The van der Waals surface area contributed by atoms with Crippen LogP contribution in [0.25, 0.3) is 22.2 Å². The first-order valence-corrected chi connectivity index (χ1v) is 9.09. The summed E-state index contributed by atoms with van der Waals surface area (Å²) in [7, 11) is 0. The number of hydrogen-bond donors (Lipinski definition) is 1. The van der Waals surface area contributed by atoms with Gasteiger partial charge in [0.25, 0.3) is 0 Å². The van der Waals surface area contributed by atoms with E-state index in [2.05, 4.69) is 23.9 Å². The molecule has 0 spiro atoms. The smallest absolute Gasteiger partial charge is 0.175 e. The van der Waals surface area contributed by atoms with Crippen LogP contribution in [0.3, 0.4) is 0 Å². The zero-order chi connectivity index (χ0) is 18.3. The fourth-order valence-electron chi connectivity index (χ4n) is 4.16. The van der Waals surface area contributed by atoms with Crippen molar-refractivity contribution in [3.63, 3.8) is 0 Å². The zero-order valence-electron chi connectivity index (χ0n) is 15.1. The summed E-state index contributed by atoms with van der Waals surface area (Å²) in [5.74, 6) is 1.23. The number of phenolic OH excluding ortho intramolecular Hbond substituents is 1. The molecule has 1 aliphatic rings. The lowest BCUT2D eigenvalue weighted by atomic mass is 9.91. The number of phenols is 1. The highest BCUT2D eigenvalue weighted by Crippen LogP contribution is 2.35. The van der Waals surface area contributed by atoms with E-state index in [1.165, 1.54) is 18.6 Å². The van der Waals surface area contributed by atoms with Crippen molar-refractivity contribution >= 4 is 11.0 Å². The van der Waals surface area contributed by atoms with Crippen LogP contribution in [0.5, 0.6) is 5.75 Å². The Labute approximate surface area is 152 Å². The number of nitrogens with zero attached hydrogens (tertiary/aromatic N) is 2. The van der Waals surface area contributed by atoms with E-state index in [-0.39, 0.29) is 11.6 Å². The summed E-state index contributed by atoms with van der Waals surface area (Å²) in [6, 6.07) is 9.70. The molecule has 2 heterocycles. The van der Waals surface area contributed by atoms with Gasteiger partial charge >= 0.3 is 0 Å². The maximum atomic E-state index is 13.2. The third-order valence-electron chi connectivity index (χ3n) is 5.16. The molecule has 0 bridgehead atoms. The number of aromatic hydroxyl groups is 1. The van der Waals surface area contributed by atoms with Gasteiger partial charge in [-0.2, -0.15) is 0 Å². The molecule has 1 aliphatic heterocycles. The maximum Gasteiger partial charge on any atom is 0.175 e. The van der Waals surface area contributed by atoms with E-state index < -0.39 is 0 Å². The Balaban J connectivity index is 1.71. The third kappa shape index (κ3) is 3.19. The lowest BCUT2D eigenvalue weighted by Gasteiger charge is -2.35. The molecule has 1 aromatic heterocycles. The molecule has 5 heteroatoms. The van der Waals surface area contributed by atoms with Crippen LogP contribution in [0.4, 0.5) is 4.39 Å². The Hall–Kier alpha value is -2.40. The van der Waals surface area contributed by atoms with Crippen molar-refractivity contribution in [1.29, 1.82) is 0 Å². The first kappa shape index (κ1) is 17.0. The highest BCUT2D eigenvalue weighted by molar-refractivity contribution is 5.94. The van der Waals surface area contributed by atoms with Gasteiger partial charge in [-0.05, 0) is 54.7 Å². The summed E-state index contributed by atoms with van der Waals surface area (Å²) in [6.45, 7) is 7.20. The Kier molecular flexibility index (Phi) is 4.41. The van der Waals surface area contributed by atoms with Crippen molar-refractivity contribution in [3.05, 3.63) is 47.8 Å². The molecule has 0 amide bonds. The minimum Gasteiger partial charge on any atom is -0.507 e. The van der Waals surface area contributed by atoms with Crippen LogP contribution in [0.1, 0.15) is 25.8 Å². The minimum atomic E-state index is -0.284. The van der Waals surface area contributed by atoms with E-state index in [0.29, 0.717) is 29.7 Å². The second kappa shape index (κ2) is 6.72. The molecule has 4 nitrogen and oxygen atoms in total. The van der Waals surface area contributed by atoms with Gasteiger partial charge in [0.15, 0.2) is 5.58 Å². The van der Waals surface area contributed by atoms with Gasteiger partial charge in [-0.15, -0.1) is 0 Å². The number of hydrogen-bond acceptors (Lipinski definition) is 4. The van der Waals surface area contributed by atoms with Gasteiger partial charge in [0.1, 0.15) is 17.3 Å². The van der Waals surface area contributed by atoms with Gasteiger partial charge in [-0.1, -0.05) is 19.0 Å². The molecule has 26 heavy (non-hydrogen) atoms. The molecule has 1 fully saturated rings.